The lowest BCUT2D eigenvalue weighted by molar-refractivity contribution is -0.131. The fraction of sp³-hybridized carbons (Fsp3) is 0.864. The van der Waals surface area contributed by atoms with Gasteiger partial charge in [0.05, 0.1) is 13.2 Å². The van der Waals surface area contributed by atoms with E-state index in [9.17, 15) is 14.4 Å². The van der Waals surface area contributed by atoms with Gasteiger partial charge >= 0.3 is 0 Å². The molecule has 0 aliphatic heterocycles. The van der Waals surface area contributed by atoms with Crippen molar-refractivity contribution in [3.63, 3.8) is 0 Å². The van der Waals surface area contributed by atoms with E-state index in [-0.39, 0.29) is 17.7 Å². The van der Waals surface area contributed by atoms with E-state index in [2.05, 4.69) is 22.9 Å². The SMILES string of the molecule is CCCCNC(=O)CCOCCCOCCNC(=O)C(C)(C)CC(C)(C)NC(C)=O. The predicted molar refractivity (Wildman–Crippen MR) is 118 cm³/mol. The van der Waals surface area contributed by atoms with Crippen LogP contribution in [0.15, 0.2) is 0 Å². The van der Waals surface area contributed by atoms with Gasteiger partial charge in [-0.05, 0) is 33.1 Å². The standard InChI is InChI=1S/C22H43N3O5/c1-7-8-11-23-19(27)10-15-29-13-9-14-30-16-12-24-20(28)21(3,4)17-22(5,6)25-18(2)26/h7-17H2,1-6H3,(H,23,27)(H,24,28)(H,25,26). The molecule has 3 amide bonds. The highest BCUT2D eigenvalue weighted by Gasteiger charge is 2.34. The molecule has 0 aliphatic carbocycles. The van der Waals surface area contributed by atoms with Crippen LogP contribution in [0.1, 0.15) is 73.6 Å². The first-order valence-corrected chi connectivity index (χ1v) is 11.0. The summed E-state index contributed by atoms with van der Waals surface area (Å²) in [7, 11) is 0. The van der Waals surface area contributed by atoms with Gasteiger partial charge in [-0.2, -0.15) is 0 Å². The van der Waals surface area contributed by atoms with Gasteiger partial charge in [-0.1, -0.05) is 27.2 Å². The van der Waals surface area contributed by atoms with Gasteiger partial charge in [0.1, 0.15) is 0 Å². The van der Waals surface area contributed by atoms with Gasteiger partial charge in [-0.25, -0.2) is 0 Å². The van der Waals surface area contributed by atoms with Gasteiger partial charge in [0.2, 0.25) is 17.7 Å². The van der Waals surface area contributed by atoms with Crippen molar-refractivity contribution >= 4 is 17.7 Å². The van der Waals surface area contributed by atoms with Crippen molar-refractivity contribution in [3.05, 3.63) is 0 Å². The Hall–Kier alpha value is -1.67. The topological polar surface area (TPSA) is 106 Å². The van der Waals surface area contributed by atoms with Crippen molar-refractivity contribution in [1.82, 2.24) is 16.0 Å². The van der Waals surface area contributed by atoms with E-state index in [4.69, 9.17) is 9.47 Å². The summed E-state index contributed by atoms with van der Waals surface area (Å²) in [5.74, 6) is -0.146. The molecule has 3 N–H and O–H groups in total. The number of unbranched alkanes of at least 4 members (excludes halogenated alkanes) is 1. The van der Waals surface area contributed by atoms with Crippen LogP contribution < -0.4 is 16.0 Å². The average Bonchev–Trinajstić information content (AvgIpc) is 2.61. The van der Waals surface area contributed by atoms with E-state index in [1.54, 1.807) is 0 Å². The highest BCUT2D eigenvalue weighted by atomic mass is 16.5. The summed E-state index contributed by atoms with van der Waals surface area (Å²) in [4.78, 5) is 35.2. The van der Waals surface area contributed by atoms with Crippen molar-refractivity contribution in [1.29, 1.82) is 0 Å². The number of nitrogens with one attached hydrogen (secondary N) is 3. The molecule has 176 valence electrons. The normalized spacial score (nSPS) is 11.8. The molecular weight excluding hydrogens is 386 g/mol. The van der Waals surface area contributed by atoms with Crippen LogP contribution in [0.5, 0.6) is 0 Å². The van der Waals surface area contributed by atoms with E-state index >= 15 is 0 Å². The number of amides is 3. The van der Waals surface area contributed by atoms with Crippen LogP contribution in [0.25, 0.3) is 0 Å². The van der Waals surface area contributed by atoms with Gasteiger partial charge in [-0.15, -0.1) is 0 Å². The molecule has 0 spiro atoms. The zero-order valence-electron chi connectivity index (χ0n) is 19.8. The van der Waals surface area contributed by atoms with Crippen LogP contribution >= 0.6 is 0 Å². The molecule has 8 nitrogen and oxygen atoms in total. The van der Waals surface area contributed by atoms with Gasteiger partial charge in [0.25, 0.3) is 0 Å². The molecule has 0 fully saturated rings. The first-order chi connectivity index (χ1) is 14.0. The number of hydrogen-bond acceptors (Lipinski definition) is 5. The fourth-order valence-corrected chi connectivity index (χ4v) is 3.31. The molecule has 0 unspecified atom stereocenters. The Bertz CT molecular complexity index is 521. The maximum Gasteiger partial charge on any atom is 0.225 e. The second-order valence-electron chi connectivity index (χ2n) is 8.91. The molecule has 0 heterocycles. The van der Waals surface area contributed by atoms with Gasteiger partial charge in [-0.3, -0.25) is 14.4 Å². The van der Waals surface area contributed by atoms with Crippen molar-refractivity contribution in [2.75, 3.05) is 39.5 Å². The van der Waals surface area contributed by atoms with E-state index in [1.807, 2.05) is 27.7 Å². The second-order valence-corrected chi connectivity index (χ2v) is 8.91. The van der Waals surface area contributed by atoms with Crippen molar-refractivity contribution in [3.8, 4) is 0 Å². The molecule has 0 saturated carbocycles. The molecule has 0 atom stereocenters. The highest BCUT2D eigenvalue weighted by molar-refractivity contribution is 5.82. The Morgan fingerprint density at radius 2 is 1.47 bits per heavy atom. The van der Waals surface area contributed by atoms with Gasteiger partial charge in [0.15, 0.2) is 0 Å². The summed E-state index contributed by atoms with van der Waals surface area (Å²) in [6, 6.07) is 0. The summed E-state index contributed by atoms with van der Waals surface area (Å²) < 4.78 is 10.9. The molecule has 0 aromatic heterocycles. The summed E-state index contributed by atoms with van der Waals surface area (Å²) in [6.07, 6.45) is 3.71. The quantitative estimate of drug-likeness (QED) is 0.307. The van der Waals surface area contributed by atoms with Crippen LogP contribution in [0.4, 0.5) is 0 Å². The van der Waals surface area contributed by atoms with E-state index < -0.39 is 11.0 Å². The average molecular weight is 430 g/mol. The van der Waals surface area contributed by atoms with E-state index in [1.165, 1.54) is 6.92 Å². The molecule has 0 aliphatic rings. The third-order valence-electron chi connectivity index (χ3n) is 4.45. The fourth-order valence-electron chi connectivity index (χ4n) is 3.31. The van der Waals surface area contributed by atoms with Crippen LogP contribution in [-0.4, -0.2) is 62.8 Å². The number of carbonyl (C=O) groups is 3. The smallest absolute Gasteiger partial charge is 0.225 e. The lowest BCUT2D eigenvalue weighted by Gasteiger charge is -2.34. The Balaban J connectivity index is 3.75. The molecule has 30 heavy (non-hydrogen) atoms. The molecule has 0 saturated heterocycles. The Labute approximate surface area is 182 Å². The largest absolute Gasteiger partial charge is 0.381 e. The molecular formula is C22H43N3O5. The van der Waals surface area contributed by atoms with Crippen LogP contribution in [0.2, 0.25) is 0 Å². The third-order valence-corrected chi connectivity index (χ3v) is 4.45. The van der Waals surface area contributed by atoms with Crippen LogP contribution in [0.3, 0.4) is 0 Å². The lowest BCUT2D eigenvalue weighted by atomic mass is 9.79. The number of rotatable bonds is 17. The molecule has 0 aromatic rings. The minimum Gasteiger partial charge on any atom is -0.381 e. The minimum atomic E-state index is -0.609. The van der Waals surface area contributed by atoms with Crippen LogP contribution in [-0.2, 0) is 23.9 Å². The summed E-state index contributed by atoms with van der Waals surface area (Å²) >= 11 is 0. The van der Waals surface area contributed by atoms with Crippen molar-refractivity contribution in [2.45, 2.75) is 79.2 Å². The lowest BCUT2D eigenvalue weighted by Crippen LogP contribution is -2.49. The summed E-state index contributed by atoms with van der Waals surface area (Å²) in [5.41, 5.74) is -1.07. The molecule has 0 bridgehead atoms. The first kappa shape index (κ1) is 28.3. The summed E-state index contributed by atoms with van der Waals surface area (Å²) in [5, 5.41) is 8.62. The second kappa shape index (κ2) is 15.2. The highest BCUT2D eigenvalue weighted by Crippen LogP contribution is 2.28. The first-order valence-electron chi connectivity index (χ1n) is 11.0. The number of carbonyl (C=O) groups excluding carboxylic acids is 3. The van der Waals surface area contributed by atoms with Gasteiger partial charge in [0, 0.05) is 50.6 Å². The molecule has 0 radical (unpaired) electrons. The van der Waals surface area contributed by atoms with Crippen molar-refractivity contribution < 1.29 is 23.9 Å². The maximum absolute atomic E-state index is 12.4. The number of hydrogen-bond donors (Lipinski definition) is 3. The Morgan fingerprint density at radius 3 is 2.07 bits per heavy atom. The predicted octanol–water partition coefficient (Wildman–Crippen LogP) is 2.16. The molecule has 0 rings (SSSR count). The Morgan fingerprint density at radius 1 is 0.833 bits per heavy atom. The maximum atomic E-state index is 12.4. The van der Waals surface area contributed by atoms with E-state index in [0.29, 0.717) is 45.8 Å². The minimum absolute atomic E-state index is 0.0267. The zero-order chi connectivity index (χ0) is 23.0. The van der Waals surface area contributed by atoms with E-state index in [0.717, 1.165) is 25.8 Å². The molecule has 8 heteroatoms. The zero-order valence-corrected chi connectivity index (χ0v) is 19.8. The van der Waals surface area contributed by atoms with Gasteiger partial charge < -0.3 is 25.4 Å². The van der Waals surface area contributed by atoms with Crippen LogP contribution in [0, 0.1) is 5.41 Å². The third kappa shape index (κ3) is 15.2. The number of ether oxygens (including phenoxy) is 2. The van der Waals surface area contributed by atoms with Crippen molar-refractivity contribution in [2.24, 2.45) is 5.41 Å². The monoisotopic (exact) mass is 429 g/mol. The Kier molecular flexibility index (Phi) is 14.3. The molecule has 0 aromatic carbocycles. The summed E-state index contributed by atoms with van der Waals surface area (Å²) in [6.45, 7) is 14.2.